The minimum atomic E-state index is 0.809. The first-order valence-electron chi connectivity index (χ1n) is 10.5. The molecule has 3 heteroatoms. The van der Waals surface area contributed by atoms with Crippen molar-refractivity contribution in [3.63, 3.8) is 0 Å². The predicted molar refractivity (Wildman–Crippen MR) is 113 cm³/mol. The van der Waals surface area contributed by atoms with Gasteiger partial charge in [0.1, 0.15) is 5.75 Å². The molecule has 146 valence electrons. The molecule has 0 N–H and O–H groups in total. The van der Waals surface area contributed by atoms with E-state index in [-0.39, 0.29) is 0 Å². The summed E-state index contributed by atoms with van der Waals surface area (Å²) in [4.78, 5) is 4.95. The number of hydrogen-bond acceptors (Lipinski definition) is 3. The standard InChI is InChI=1S/C24H34N2O/c1-25(18-14-22-10-4-2-5-11-22)21-23-12-8-13-24(20-23)27-19-9-17-26-15-6-3-7-16-26/h2,4-5,8,10-13,20H,3,6-7,9,14-19,21H2,1H3. The Balaban J connectivity index is 1.37. The summed E-state index contributed by atoms with van der Waals surface area (Å²) in [5.74, 6) is 1.00. The highest BCUT2D eigenvalue weighted by atomic mass is 16.5. The molecular weight excluding hydrogens is 332 g/mol. The zero-order valence-corrected chi connectivity index (χ0v) is 16.8. The van der Waals surface area contributed by atoms with E-state index in [0.29, 0.717) is 0 Å². The molecule has 3 nitrogen and oxygen atoms in total. The normalized spacial score (nSPS) is 15.2. The Bertz CT molecular complexity index is 652. The maximum Gasteiger partial charge on any atom is 0.119 e. The third-order valence-electron chi connectivity index (χ3n) is 5.31. The fourth-order valence-corrected chi connectivity index (χ4v) is 3.75. The second-order valence-corrected chi connectivity index (χ2v) is 7.73. The van der Waals surface area contributed by atoms with Gasteiger partial charge in [0.25, 0.3) is 0 Å². The number of likely N-dealkylation sites (tertiary alicyclic amines) is 1. The van der Waals surface area contributed by atoms with Crippen molar-refractivity contribution in [2.75, 3.05) is 39.8 Å². The van der Waals surface area contributed by atoms with Crippen molar-refractivity contribution in [1.29, 1.82) is 0 Å². The van der Waals surface area contributed by atoms with Crippen LogP contribution in [-0.2, 0) is 13.0 Å². The van der Waals surface area contributed by atoms with Crippen molar-refractivity contribution in [2.24, 2.45) is 0 Å². The summed E-state index contributed by atoms with van der Waals surface area (Å²) >= 11 is 0. The second kappa shape index (κ2) is 11.1. The molecule has 0 aliphatic carbocycles. The van der Waals surface area contributed by atoms with Crippen LogP contribution in [0.5, 0.6) is 5.75 Å². The smallest absolute Gasteiger partial charge is 0.119 e. The van der Waals surface area contributed by atoms with Crippen LogP contribution in [0.4, 0.5) is 0 Å². The van der Waals surface area contributed by atoms with Gasteiger partial charge in [-0.15, -0.1) is 0 Å². The van der Waals surface area contributed by atoms with Crippen LogP contribution in [0.1, 0.15) is 36.8 Å². The summed E-state index contributed by atoms with van der Waals surface area (Å²) in [5.41, 5.74) is 2.72. The number of nitrogens with zero attached hydrogens (tertiary/aromatic N) is 2. The largest absolute Gasteiger partial charge is 0.494 e. The molecular formula is C24H34N2O. The van der Waals surface area contributed by atoms with E-state index in [9.17, 15) is 0 Å². The zero-order valence-electron chi connectivity index (χ0n) is 16.8. The van der Waals surface area contributed by atoms with Crippen molar-refractivity contribution in [3.05, 3.63) is 65.7 Å². The molecule has 0 unspecified atom stereocenters. The minimum absolute atomic E-state index is 0.809. The molecule has 3 rings (SSSR count). The lowest BCUT2D eigenvalue weighted by Crippen LogP contribution is -2.31. The Morgan fingerprint density at radius 1 is 0.926 bits per heavy atom. The number of hydrogen-bond donors (Lipinski definition) is 0. The highest BCUT2D eigenvalue weighted by molar-refractivity contribution is 5.28. The number of likely N-dealkylation sites (N-methyl/N-ethyl adjacent to an activating group) is 1. The molecule has 2 aromatic rings. The Kier molecular flexibility index (Phi) is 8.19. The summed E-state index contributed by atoms with van der Waals surface area (Å²) in [6.45, 7) is 6.53. The third kappa shape index (κ3) is 7.36. The van der Waals surface area contributed by atoms with E-state index in [1.165, 1.54) is 50.0 Å². The monoisotopic (exact) mass is 366 g/mol. The lowest BCUT2D eigenvalue weighted by molar-refractivity contribution is 0.205. The van der Waals surface area contributed by atoms with Crippen LogP contribution in [0.3, 0.4) is 0 Å². The van der Waals surface area contributed by atoms with E-state index < -0.39 is 0 Å². The first-order chi connectivity index (χ1) is 13.3. The van der Waals surface area contributed by atoms with E-state index >= 15 is 0 Å². The maximum atomic E-state index is 6.00. The van der Waals surface area contributed by atoms with Gasteiger partial charge in [-0.25, -0.2) is 0 Å². The van der Waals surface area contributed by atoms with Crippen LogP contribution in [0.15, 0.2) is 54.6 Å². The molecule has 1 fully saturated rings. The molecule has 2 aromatic carbocycles. The molecule has 1 saturated heterocycles. The van der Waals surface area contributed by atoms with Gasteiger partial charge >= 0.3 is 0 Å². The number of piperidine rings is 1. The van der Waals surface area contributed by atoms with Crippen molar-refractivity contribution in [3.8, 4) is 5.75 Å². The van der Waals surface area contributed by atoms with E-state index in [2.05, 4.69) is 71.4 Å². The molecule has 0 aromatic heterocycles. The lowest BCUT2D eigenvalue weighted by atomic mass is 10.1. The van der Waals surface area contributed by atoms with Crippen LogP contribution in [0, 0.1) is 0 Å². The molecule has 0 bridgehead atoms. The second-order valence-electron chi connectivity index (χ2n) is 7.73. The lowest BCUT2D eigenvalue weighted by Gasteiger charge is -2.26. The zero-order chi connectivity index (χ0) is 18.7. The Labute approximate surface area is 164 Å². The average Bonchev–Trinajstić information content (AvgIpc) is 2.72. The van der Waals surface area contributed by atoms with Crippen LogP contribution in [-0.4, -0.2) is 49.6 Å². The van der Waals surface area contributed by atoms with E-state index in [0.717, 1.165) is 38.3 Å². The molecule has 0 saturated carbocycles. The first-order valence-corrected chi connectivity index (χ1v) is 10.5. The van der Waals surface area contributed by atoms with Gasteiger partial charge in [-0.2, -0.15) is 0 Å². The molecule has 0 atom stereocenters. The van der Waals surface area contributed by atoms with Gasteiger partial charge in [0.05, 0.1) is 6.61 Å². The summed E-state index contributed by atoms with van der Waals surface area (Å²) in [6, 6.07) is 19.3. The Morgan fingerprint density at radius 2 is 1.70 bits per heavy atom. The molecule has 0 radical (unpaired) electrons. The summed E-state index contributed by atoms with van der Waals surface area (Å²) < 4.78 is 6.00. The van der Waals surface area contributed by atoms with Gasteiger partial charge < -0.3 is 14.5 Å². The molecule has 1 aliphatic heterocycles. The Morgan fingerprint density at radius 3 is 2.52 bits per heavy atom. The molecule has 0 spiro atoms. The van der Waals surface area contributed by atoms with Gasteiger partial charge in [0, 0.05) is 19.6 Å². The van der Waals surface area contributed by atoms with Crippen LogP contribution in [0.25, 0.3) is 0 Å². The molecule has 0 amide bonds. The van der Waals surface area contributed by atoms with Gasteiger partial charge in [-0.3, -0.25) is 0 Å². The van der Waals surface area contributed by atoms with Crippen LogP contribution < -0.4 is 4.74 Å². The predicted octanol–water partition coefficient (Wildman–Crippen LogP) is 4.62. The molecule has 1 heterocycles. The minimum Gasteiger partial charge on any atom is -0.494 e. The fraction of sp³-hybridized carbons (Fsp3) is 0.500. The van der Waals surface area contributed by atoms with Gasteiger partial charge in [0.15, 0.2) is 0 Å². The van der Waals surface area contributed by atoms with Crippen molar-refractivity contribution in [1.82, 2.24) is 9.80 Å². The van der Waals surface area contributed by atoms with Crippen LogP contribution >= 0.6 is 0 Å². The molecule has 27 heavy (non-hydrogen) atoms. The summed E-state index contributed by atoms with van der Waals surface area (Å²) in [5, 5.41) is 0. The van der Waals surface area contributed by atoms with Crippen LogP contribution in [0.2, 0.25) is 0 Å². The van der Waals surface area contributed by atoms with E-state index in [4.69, 9.17) is 4.74 Å². The van der Waals surface area contributed by atoms with E-state index in [1.807, 2.05) is 0 Å². The highest BCUT2D eigenvalue weighted by Crippen LogP contribution is 2.16. The van der Waals surface area contributed by atoms with E-state index in [1.54, 1.807) is 0 Å². The van der Waals surface area contributed by atoms with Crippen molar-refractivity contribution >= 4 is 0 Å². The maximum absolute atomic E-state index is 6.00. The molecule has 1 aliphatic rings. The first kappa shape index (κ1) is 19.9. The van der Waals surface area contributed by atoms with Gasteiger partial charge in [-0.1, -0.05) is 48.9 Å². The summed E-state index contributed by atoms with van der Waals surface area (Å²) in [6.07, 6.45) is 6.33. The quantitative estimate of drug-likeness (QED) is 0.571. The SMILES string of the molecule is CN(CCc1ccccc1)Cc1cccc(OCCCN2CCCCC2)c1. The number of rotatable bonds is 10. The number of benzene rings is 2. The Hall–Kier alpha value is -1.84. The average molecular weight is 367 g/mol. The van der Waals surface area contributed by atoms with Crippen molar-refractivity contribution < 1.29 is 4.74 Å². The highest BCUT2D eigenvalue weighted by Gasteiger charge is 2.09. The van der Waals surface area contributed by atoms with Crippen molar-refractivity contribution in [2.45, 2.75) is 38.6 Å². The topological polar surface area (TPSA) is 15.7 Å². The third-order valence-corrected chi connectivity index (χ3v) is 5.31. The summed E-state index contributed by atoms with van der Waals surface area (Å²) in [7, 11) is 2.19. The van der Waals surface area contributed by atoms with Gasteiger partial charge in [-0.05, 0) is 69.1 Å². The fourth-order valence-electron chi connectivity index (χ4n) is 3.75. The van der Waals surface area contributed by atoms with Gasteiger partial charge in [0.2, 0.25) is 0 Å². The number of ether oxygens (including phenoxy) is 1.